The fourth-order valence-corrected chi connectivity index (χ4v) is 3.33. The minimum absolute atomic E-state index is 0.117. The maximum atomic E-state index is 13.1. The van der Waals surface area contributed by atoms with Gasteiger partial charge in [-0.1, -0.05) is 72.3 Å². The van der Waals surface area contributed by atoms with Crippen LogP contribution in [0.2, 0.25) is 10.0 Å². The lowest BCUT2D eigenvalue weighted by Crippen LogP contribution is -2.25. The summed E-state index contributed by atoms with van der Waals surface area (Å²) >= 11 is 12.3. The highest BCUT2D eigenvalue weighted by atomic mass is 35.5. The van der Waals surface area contributed by atoms with Crippen LogP contribution in [0.5, 0.6) is 0 Å². The predicted molar refractivity (Wildman–Crippen MR) is 105 cm³/mol. The van der Waals surface area contributed by atoms with Crippen LogP contribution in [0.25, 0.3) is 0 Å². The summed E-state index contributed by atoms with van der Waals surface area (Å²) in [6.45, 7) is 7.63. The zero-order valence-electron chi connectivity index (χ0n) is 14.2. The molecule has 2 aromatic carbocycles. The molecule has 0 N–H and O–H groups in total. The van der Waals surface area contributed by atoms with Crippen molar-refractivity contribution >= 4 is 35.0 Å². The number of methoxy groups -OCH3 is 1. The van der Waals surface area contributed by atoms with E-state index in [0.29, 0.717) is 21.2 Å². The van der Waals surface area contributed by atoms with Crippen molar-refractivity contribution in [3.05, 3.63) is 94.5 Å². The topological polar surface area (TPSA) is 43.4 Å². The molecule has 26 heavy (non-hydrogen) atoms. The molecular weight excluding hydrogens is 371 g/mol. The number of halogens is 2. The van der Waals surface area contributed by atoms with E-state index >= 15 is 0 Å². The van der Waals surface area contributed by atoms with Gasteiger partial charge in [0.05, 0.1) is 13.0 Å². The van der Waals surface area contributed by atoms with Gasteiger partial charge >= 0.3 is 5.97 Å². The van der Waals surface area contributed by atoms with Crippen molar-refractivity contribution in [1.29, 1.82) is 0 Å². The molecule has 0 aliphatic rings. The smallest absolute Gasteiger partial charge is 0.333 e. The summed E-state index contributed by atoms with van der Waals surface area (Å²) in [5.41, 5.74) is 1.18. The van der Waals surface area contributed by atoms with Crippen molar-refractivity contribution in [2.75, 3.05) is 7.11 Å². The summed E-state index contributed by atoms with van der Waals surface area (Å²) in [6.07, 6.45) is 1.50. The van der Waals surface area contributed by atoms with E-state index in [1.165, 1.54) is 13.2 Å². The average Bonchev–Trinajstić information content (AvgIpc) is 2.65. The second kappa shape index (κ2) is 8.84. The Bertz CT molecular complexity index is 844. The fourth-order valence-electron chi connectivity index (χ4n) is 2.80. The Morgan fingerprint density at radius 1 is 1.12 bits per heavy atom. The number of rotatable bonds is 7. The molecule has 134 valence electrons. The third-order valence-electron chi connectivity index (χ3n) is 4.09. The van der Waals surface area contributed by atoms with Gasteiger partial charge in [-0.05, 0) is 17.7 Å². The second-order valence-corrected chi connectivity index (χ2v) is 6.50. The van der Waals surface area contributed by atoms with Crippen molar-refractivity contribution in [2.45, 2.75) is 5.92 Å². The molecule has 3 nitrogen and oxygen atoms in total. The normalized spacial score (nSPS) is 12.7. The molecule has 0 aromatic heterocycles. The fraction of sp³-hybridized carbons (Fsp3) is 0.143. The lowest BCUT2D eigenvalue weighted by molar-refractivity contribution is -0.136. The third kappa shape index (κ3) is 4.24. The summed E-state index contributed by atoms with van der Waals surface area (Å²) < 4.78 is 4.80. The van der Waals surface area contributed by atoms with Gasteiger partial charge in [-0.15, -0.1) is 6.58 Å². The van der Waals surface area contributed by atoms with E-state index in [-0.39, 0.29) is 11.4 Å². The van der Waals surface area contributed by atoms with Crippen LogP contribution in [0.15, 0.2) is 73.3 Å². The van der Waals surface area contributed by atoms with Crippen molar-refractivity contribution in [3.8, 4) is 0 Å². The first kappa shape index (κ1) is 20.0. The SMILES string of the molecule is C=C[C@H](C(=O)c1ccccc1)[C@@H](C(=C)C(=O)OC)c1ccc(Cl)cc1Cl. The molecule has 0 bridgehead atoms. The van der Waals surface area contributed by atoms with Gasteiger partial charge < -0.3 is 4.74 Å². The summed E-state index contributed by atoms with van der Waals surface area (Å²) in [5, 5.41) is 0.783. The molecule has 2 atom stereocenters. The Kier molecular flexibility index (Phi) is 6.78. The second-order valence-electron chi connectivity index (χ2n) is 5.65. The number of Topliss-reactive ketones (excluding diaryl/α,β-unsaturated/α-hetero) is 1. The number of hydrogen-bond acceptors (Lipinski definition) is 3. The maximum absolute atomic E-state index is 13.1. The number of allylic oxidation sites excluding steroid dienone is 1. The molecule has 0 saturated carbocycles. The van der Waals surface area contributed by atoms with E-state index in [1.807, 2.05) is 6.07 Å². The molecule has 0 aliphatic heterocycles. The van der Waals surface area contributed by atoms with Crippen molar-refractivity contribution in [1.82, 2.24) is 0 Å². The lowest BCUT2D eigenvalue weighted by Gasteiger charge is -2.26. The number of ether oxygens (including phenoxy) is 1. The van der Waals surface area contributed by atoms with E-state index in [4.69, 9.17) is 27.9 Å². The van der Waals surface area contributed by atoms with E-state index in [1.54, 1.807) is 42.5 Å². The molecule has 0 radical (unpaired) electrons. The van der Waals surface area contributed by atoms with Crippen LogP contribution in [-0.2, 0) is 9.53 Å². The van der Waals surface area contributed by atoms with Crippen LogP contribution in [0.4, 0.5) is 0 Å². The maximum Gasteiger partial charge on any atom is 0.333 e. The summed E-state index contributed by atoms with van der Waals surface area (Å²) in [6, 6.07) is 13.7. The lowest BCUT2D eigenvalue weighted by atomic mass is 9.77. The summed E-state index contributed by atoms with van der Waals surface area (Å²) in [7, 11) is 1.26. The van der Waals surface area contributed by atoms with Crippen LogP contribution in [0.1, 0.15) is 21.8 Å². The molecule has 0 saturated heterocycles. The van der Waals surface area contributed by atoms with Gasteiger partial charge in [0, 0.05) is 27.1 Å². The molecule has 5 heteroatoms. The highest BCUT2D eigenvalue weighted by molar-refractivity contribution is 6.35. The van der Waals surface area contributed by atoms with Gasteiger partial charge in [-0.3, -0.25) is 4.79 Å². The average molecular weight is 389 g/mol. The number of carbonyl (C=O) groups is 2. The highest BCUT2D eigenvalue weighted by Crippen LogP contribution is 2.39. The van der Waals surface area contributed by atoms with E-state index in [0.717, 1.165) is 0 Å². The first-order chi connectivity index (χ1) is 12.4. The van der Waals surface area contributed by atoms with Crippen molar-refractivity contribution in [2.24, 2.45) is 5.92 Å². The number of hydrogen-bond donors (Lipinski definition) is 0. The first-order valence-corrected chi connectivity index (χ1v) is 8.60. The van der Waals surface area contributed by atoms with Crippen molar-refractivity contribution < 1.29 is 14.3 Å². The van der Waals surface area contributed by atoms with Gasteiger partial charge in [0.2, 0.25) is 0 Å². The number of esters is 1. The van der Waals surface area contributed by atoms with Gasteiger partial charge in [0.15, 0.2) is 5.78 Å². The summed E-state index contributed by atoms with van der Waals surface area (Å²) in [4.78, 5) is 25.2. The minimum Gasteiger partial charge on any atom is -0.466 e. The molecule has 2 rings (SSSR count). The molecule has 0 fully saturated rings. The van der Waals surface area contributed by atoms with Crippen LogP contribution in [0.3, 0.4) is 0 Å². The van der Waals surface area contributed by atoms with Crippen LogP contribution < -0.4 is 0 Å². The van der Waals surface area contributed by atoms with E-state index in [2.05, 4.69) is 13.2 Å². The number of benzene rings is 2. The van der Waals surface area contributed by atoms with E-state index < -0.39 is 17.8 Å². The Labute approximate surface area is 162 Å². The Hall–Kier alpha value is -2.36. The quantitative estimate of drug-likeness (QED) is 0.272. The van der Waals surface area contributed by atoms with Gasteiger partial charge in [0.25, 0.3) is 0 Å². The molecule has 0 aliphatic carbocycles. The van der Waals surface area contributed by atoms with E-state index in [9.17, 15) is 9.59 Å². The third-order valence-corrected chi connectivity index (χ3v) is 4.66. The minimum atomic E-state index is -0.748. The molecule has 0 heterocycles. The Balaban J connectivity index is 2.57. The number of carbonyl (C=O) groups excluding carboxylic acids is 2. The molecular formula is C21H18Cl2O3. The number of ketones is 1. The van der Waals surface area contributed by atoms with Crippen LogP contribution in [-0.4, -0.2) is 18.9 Å². The van der Waals surface area contributed by atoms with Crippen LogP contribution in [0, 0.1) is 5.92 Å². The molecule has 0 unspecified atom stereocenters. The molecule has 0 amide bonds. The zero-order chi connectivity index (χ0) is 19.3. The Morgan fingerprint density at radius 2 is 1.77 bits per heavy atom. The summed E-state index contributed by atoms with van der Waals surface area (Å²) in [5.74, 6) is -2.28. The molecule has 0 spiro atoms. The van der Waals surface area contributed by atoms with Gasteiger partial charge in [0.1, 0.15) is 0 Å². The van der Waals surface area contributed by atoms with Crippen LogP contribution >= 0.6 is 23.2 Å². The predicted octanol–water partition coefficient (Wildman–Crippen LogP) is 5.49. The first-order valence-electron chi connectivity index (χ1n) is 7.84. The van der Waals surface area contributed by atoms with Crippen molar-refractivity contribution in [3.63, 3.8) is 0 Å². The largest absolute Gasteiger partial charge is 0.466 e. The Morgan fingerprint density at radius 3 is 2.31 bits per heavy atom. The zero-order valence-corrected chi connectivity index (χ0v) is 15.8. The monoisotopic (exact) mass is 388 g/mol. The van der Waals surface area contributed by atoms with Gasteiger partial charge in [-0.2, -0.15) is 0 Å². The van der Waals surface area contributed by atoms with Gasteiger partial charge in [-0.25, -0.2) is 4.79 Å². The highest BCUT2D eigenvalue weighted by Gasteiger charge is 2.34. The molecule has 2 aromatic rings. The standard InChI is InChI=1S/C21H18Cl2O3/c1-4-16(20(24)14-8-6-5-7-9-14)19(13(2)21(25)26-3)17-11-10-15(22)12-18(17)23/h4-12,16,19H,1-2H2,3H3/t16-,19+/m0/s1.